The van der Waals surface area contributed by atoms with E-state index in [1.807, 2.05) is 0 Å². The second kappa shape index (κ2) is 5.44. The van der Waals surface area contributed by atoms with Crippen LogP contribution in [-0.2, 0) is 12.0 Å². The number of benzene rings is 1. The Kier molecular flexibility index (Phi) is 4.11. The highest BCUT2D eigenvalue weighted by atomic mass is 14.7. The Labute approximate surface area is 112 Å². The van der Waals surface area contributed by atoms with Gasteiger partial charge in [-0.2, -0.15) is 0 Å². The minimum Gasteiger partial charge on any atom is -0.321 e. The standard InChI is InChI=1S/C17H27N/c1-4-14-8-9-15(13(2)3)16(12-14)17(18)10-6-5-7-11-17/h8-9,12-13H,4-7,10-11,18H2,1-3H3. The number of hydrogen-bond donors (Lipinski definition) is 1. The number of rotatable bonds is 3. The third-order valence-electron chi connectivity index (χ3n) is 4.43. The van der Waals surface area contributed by atoms with E-state index >= 15 is 0 Å². The van der Waals surface area contributed by atoms with Gasteiger partial charge in [0.15, 0.2) is 0 Å². The molecule has 0 radical (unpaired) electrons. The molecule has 18 heavy (non-hydrogen) atoms. The predicted molar refractivity (Wildman–Crippen MR) is 78.9 cm³/mol. The van der Waals surface area contributed by atoms with Gasteiger partial charge < -0.3 is 5.73 Å². The number of hydrogen-bond acceptors (Lipinski definition) is 1. The van der Waals surface area contributed by atoms with Gasteiger partial charge in [-0.3, -0.25) is 0 Å². The van der Waals surface area contributed by atoms with Crippen LogP contribution in [0.15, 0.2) is 18.2 Å². The molecule has 2 rings (SSSR count). The van der Waals surface area contributed by atoms with Crippen molar-refractivity contribution < 1.29 is 0 Å². The van der Waals surface area contributed by atoms with Gasteiger partial charge in [0, 0.05) is 5.54 Å². The van der Waals surface area contributed by atoms with Crippen molar-refractivity contribution in [2.24, 2.45) is 5.73 Å². The van der Waals surface area contributed by atoms with Crippen LogP contribution in [0.1, 0.15) is 75.5 Å². The molecule has 0 unspecified atom stereocenters. The fourth-order valence-electron chi connectivity index (χ4n) is 3.21. The van der Waals surface area contributed by atoms with E-state index in [9.17, 15) is 0 Å². The van der Waals surface area contributed by atoms with E-state index in [4.69, 9.17) is 5.73 Å². The van der Waals surface area contributed by atoms with E-state index in [-0.39, 0.29) is 5.54 Å². The van der Waals surface area contributed by atoms with Gasteiger partial charge in [-0.15, -0.1) is 0 Å². The highest BCUT2D eigenvalue weighted by Crippen LogP contribution is 2.38. The first-order valence-electron chi connectivity index (χ1n) is 7.49. The predicted octanol–water partition coefficient (Wildman–Crippen LogP) is 4.49. The van der Waals surface area contributed by atoms with Crippen LogP contribution in [0, 0.1) is 0 Å². The maximum Gasteiger partial charge on any atom is 0.0412 e. The van der Waals surface area contributed by atoms with E-state index in [1.165, 1.54) is 36.0 Å². The SMILES string of the molecule is CCc1ccc(C(C)C)c(C2(N)CCCCC2)c1. The van der Waals surface area contributed by atoms with Gasteiger partial charge in [0.05, 0.1) is 0 Å². The van der Waals surface area contributed by atoms with Crippen LogP contribution < -0.4 is 5.73 Å². The van der Waals surface area contributed by atoms with Gasteiger partial charge >= 0.3 is 0 Å². The Morgan fingerprint density at radius 1 is 1.17 bits per heavy atom. The first-order chi connectivity index (χ1) is 8.57. The van der Waals surface area contributed by atoms with E-state index in [2.05, 4.69) is 39.0 Å². The van der Waals surface area contributed by atoms with Crippen molar-refractivity contribution in [3.8, 4) is 0 Å². The first kappa shape index (κ1) is 13.6. The Bertz CT molecular complexity index is 400. The quantitative estimate of drug-likeness (QED) is 0.834. The fourth-order valence-corrected chi connectivity index (χ4v) is 3.21. The molecule has 1 saturated carbocycles. The molecular weight excluding hydrogens is 218 g/mol. The summed E-state index contributed by atoms with van der Waals surface area (Å²) in [6, 6.07) is 6.95. The molecule has 1 aromatic carbocycles. The minimum atomic E-state index is -0.0664. The highest BCUT2D eigenvalue weighted by molar-refractivity contribution is 5.39. The van der Waals surface area contributed by atoms with Crippen LogP contribution in [0.3, 0.4) is 0 Å². The van der Waals surface area contributed by atoms with Crippen LogP contribution in [0.25, 0.3) is 0 Å². The van der Waals surface area contributed by atoms with Crippen molar-refractivity contribution in [1.82, 2.24) is 0 Å². The maximum absolute atomic E-state index is 6.74. The summed E-state index contributed by atoms with van der Waals surface area (Å²) < 4.78 is 0. The Morgan fingerprint density at radius 2 is 1.83 bits per heavy atom. The molecule has 0 saturated heterocycles. The molecule has 1 aromatic rings. The molecule has 1 heteroatoms. The Balaban J connectivity index is 2.45. The minimum absolute atomic E-state index is 0.0664. The van der Waals surface area contributed by atoms with Crippen molar-refractivity contribution in [3.05, 3.63) is 34.9 Å². The van der Waals surface area contributed by atoms with Crippen molar-refractivity contribution in [1.29, 1.82) is 0 Å². The number of nitrogens with two attached hydrogens (primary N) is 1. The number of aryl methyl sites for hydroxylation is 1. The summed E-state index contributed by atoms with van der Waals surface area (Å²) in [7, 11) is 0. The molecule has 1 aliphatic carbocycles. The molecule has 0 aromatic heterocycles. The Morgan fingerprint density at radius 3 is 2.39 bits per heavy atom. The second-order valence-electron chi connectivity index (χ2n) is 6.15. The Hall–Kier alpha value is -0.820. The summed E-state index contributed by atoms with van der Waals surface area (Å²) in [5.41, 5.74) is 11.0. The van der Waals surface area contributed by atoms with E-state index in [1.54, 1.807) is 0 Å². The topological polar surface area (TPSA) is 26.0 Å². The zero-order valence-corrected chi connectivity index (χ0v) is 12.1. The monoisotopic (exact) mass is 245 g/mol. The molecule has 0 heterocycles. The van der Waals surface area contributed by atoms with Crippen molar-refractivity contribution in [3.63, 3.8) is 0 Å². The fraction of sp³-hybridized carbons (Fsp3) is 0.647. The van der Waals surface area contributed by atoms with Crippen LogP contribution in [0.2, 0.25) is 0 Å². The average molecular weight is 245 g/mol. The van der Waals surface area contributed by atoms with Gasteiger partial charge in [0.1, 0.15) is 0 Å². The first-order valence-corrected chi connectivity index (χ1v) is 7.49. The van der Waals surface area contributed by atoms with Gasteiger partial charge in [0.25, 0.3) is 0 Å². The lowest BCUT2D eigenvalue weighted by Crippen LogP contribution is -2.39. The third kappa shape index (κ3) is 2.61. The van der Waals surface area contributed by atoms with E-state index in [0.717, 1.165) is 19.3 Å². The summed E-state index contributed by atoms with van der Waals surface area (Å²) >= 11 is 0. The molecule has 0 amide bonds. The highest BCUT2D eigenvalue weighted by Gasteiger charge is 2.31. The largest absolute Gasteiger partial charge is 0.321 e. The molecule has 1 nitrogen and oxygen atoms in total. The van der Waals surface area contributed by atoms with Crippen LogP contribution in [0.4, 0.5) is 0 Å². The molecule has 100 valence electrons. The molecule has 1 aliphatic rings. The van der Waals surface area contributed by atoms with Gasteiger partial charge in [-0.05, 0) is 41.9 Å². The van der Waals surface area contributed by atoms with Crippen molar-refractivity contribution in [2.45, 2.75) is 70.8 Å². The third-order valence-corrected chi connectivity index (χ3v) is 4.43. The van der Waals surface area contributed by atoms with Gasteiger partial charge in [-0.1, -0.05) is 58.2 Å². The summed E-state index contributed by atoms with van der Waals surface area (Å²) in [6.45, 7) is 6.77. The molecule has 0 aliphatic heterocycles. The second-order valence-corrected chi connectivity index (χ2v) is 6.15. The zero-order valence-electron chi connectivity index (χ0n) is 12.1. The van der Waals surface area contributed by atoms with Crippen LogP contribution in [-0.4, -0.2) is 0 Å². The van der Waals surface area contributed by atoms with Crippen LogP contribution in [0.5, 0.6) is 0 Å². The molecule has 0 bridgehead atoms. The lowest BCUT2D eigenvalue weighted by Gasteiger charge is -2.36. The van der Waals surface area contributed by atoms with Gasteiger partial charge in [-0.25, -0.2) is 0 Å². The van der Waals surface area contributed by atoms with Crippen LogP contribution >= 0.6 is 0 Å². The summed E-state index contributed by atoms with van der Waals surface area (Å²) in [6.07, 6.45) is 7.32. The zero-order chi connectivity index (χ0) is 13.2. The summed E-state index contributed by atoms with van der Waals surface area (Å²) in [5.74, 6) is 0.563. The lowest BCUT2D eigenvalue weighted by molar-refractivity contribution is 0.299. The molecule has 1 fully saturated rings. The maximum atomic E-state index is 6.74. The molecule has 2 N–H and O–H groups in total. The van der Waals surface area contributed by atoms with Crippen molar-refractivity contribution in [2.75, 3.05) is 0 Å². The smallest absolute Gasteiger partial charge is 0.0412 e. The summed E-state index contributed by atoms with van der Waals surface area (Å²) in [4.78, 5) is 0. The van der Waals surface area contributed by atoms with Gasteiger partial charge in [0.2, 0.25) is 0 Å². The normalized spacial score (nSPS) is 19.2. The van der Waals surface area contributed by atoms with E-state index < -0.39 is 0 Å². The lowest BCUT2D eigenvalue weighted by atomic mass is 9.74. The molecule has 0 spiro atoms. The average Bonchev–Trinajstić information content (AvgIpc) is 2.38. The molecular formula is C17H27N. The molecule has 0 atom stereocenters. The van der Waals surface area contributed by atoms with Crippen molar-refractivity contribution >= 4 is 0 Å². The van der Waals surface area contributed by atoms with E-state index in [0.29, 0.717) is 5.92 Å². The summed E-state index contributed by atoms with van der Waals surface area (Å²) in [5, 5.41) is 0.